The zero-order valence-electron chi connectivity index (χ0n) is 12.8. The first-order chi connectivity index (χ1) is 10.3. The maximum absolute atomic E-state index is 9.13. The molecule has 0 spiro atoms. The van der Waals surface area contributed by atoms with Crippen LogP contribution in [0.25, 0.3) is 10.8 Å². The smallest absolute Gasteiger partial charge is 0.116 e. The lowest BCUT2D eigenvalue weighted by Crippen LogP contribution is -2.22. The van der Waals surface area contributed by atoms with E-state index in [1.165, 1.54) is 25.7 Å². The Morgan fingerprint density at radius 1 is 0.667 bits per heavy atom. The molecule has 0 aliphatic heterocycles. The third-order valence-electron chi connectivity index (χ3n) is 5.20. The minimum absolute atomic E-state index is 0.323. The number of hydrogen-bond donors (Lipinski definition) is 1. The van der Waals surface area contributed by atoms with E-state index in [4.69, 9.17) is 5.11 Å². The van der Waals surface area contributed by atoms with Gasteiger partial charge in [0.15, 0.2) is 0 Å². The van der Waals surface area contributed by atoms with E-state index in [0.29, 0.717) is 5.75 Å². The predicted molar refractivity (Wildman–Crippen MR) is 89.5 cm³/mol. The highest BCUT2D eigenvalue weighted by atomic mass is 16.3. The number of fused-ring (bicyclic) bond motifs is 2. The van der Waals surface area contributed by atoms with Crippen LogP contribution in [-0.2, 0) is 0 Å². The van der Waals surface area contributed by atoms with Crippen LogP contribution in [0.1, 0.15) is 51.4 Å². The van der Waals surface area contributed by atoms with Gasteiger partial charge in [-0.05, 0) is 34.7 Å². The van der Waals surface area contributed by atoms with E-state index in [1.54, 1.807) is 37.8 Å². The van der Waals surface area contributed by atoms with Crippen molar-refractivity contribution in [2.75, 3.05) is 0 Å². The van der Waals surface area contributed by atoms with Crippen molar-refractivity contribution < 1.29 is 5.11 Å². The van der Waals surface area contributed by atoms with Crippen LogP contribution < -0.4 is 0 Å². The molecule has 2 aromatic rings. The van der Waals surface area contributed by atoms with Crippen molar-refractivity contribution in [2.24, 2.45) is 11.8 Å². The molecule has 112 valence electrons. The van der Waals surface area contributed by atoms with Gasteiger partial charge in [0, 0.05) is 0 Å². The Morgan fingerprint density at radius 3 is 1.76 bits per heavy atom. The number of aromatic hydroxyl groups is 1. The van der Waals surface area contributed by atoms with Crippen molar-refractivity contribution in [3.8, 4) is 5.75 Å². The first kappa shape index (κ1) is 14.4. The Morgan fingerprint density at radius 2 is 1.19 bits per heavy atom. The molecule has 2 fully saturated rings. The number of rotatable bonds is 0. The molecule has 0 bridgehead atoms. The lowest BCUT2D eigenvalue weighted by Gasteiger charge is -2.35. The third kappa shape index (κ3) is 3.78. The molecule has 1 N–H and O–H groups in total. The van der Waals surface area contributed by atoms with Gasteiger partial charge in [-0.2, -0.15) is 0 Å². The second-order valence-corrected chi connectivity index (χ2v) is 6.62. The summed E-state index contributed by atoms with van der Waals surface area (Å²) in [5.74, 6) is 2.63. The molecule has 0 radical (unpaired) electrons. The molecule has 0 amide bonds. The summed E-state index contributed by atoms with van der Waals surface area (Å²) in [6.45, 7) is 0. The summed E-state index contributed by atoms with van der Waals surface area (Å²) in [5, 5.41) is 11.4. The van der Waals surface area contributed by atoms with Crippen molar-refractivity contribution in [1.82, 2.24) is 0 Å². The van der Waals surface area contributed by atoms with Crippen molar-refractivity contribution in [1.29, 1.82) is 0 Å². The average molecular weight is 282 g/mol. The molecule has 0 saturated heterocycles. The molecular formula is C20H26O. The normalized spacial score (nSPS) is 24.8. The Balaban J connectivity index is 0.000000126. The van der Waals surface area contributed by atoms with E-state index in [1.807, 2.05) is 30.3 Å². The fourth-order valence-corrected chi connectivity index (χ4v) is 4.03. The van der Waals surface area contributed by atoms with Crippen molar-refractivity contribution in [3.63, 3.8) is 0 Å². The predicted octanol–water partition coefficient (Wildman–Crippen LogP) is 5.91. The second-order valence-electron chi connectivity index (χ2n) is 6.62. The van der Waals surface area contributed by atoms with Gasteiger partial charge in [-0.15, -0.1) is 0 Å². The van der Waals surface area contributed by atoms with Crippen LogP contribution >= 0.6 is 0 Å². The molecule has 1 nitrogen and oxygen atoms in total. The number of phenols is 1. The van der Waals surface area contributed by atoms with Crippen LogP contribution in [0.2, 0.25) is 0 Å². The van der Waals surface area contributed by atoms with Gasteiger partial charge in [0.1, 0.15) is 5.75 Å². The Labute approximate surface area is 128 Å². The first-order valence-corrected chi connectivity index (χ1v) is 8.51. The van der Waals surface area contributed by atoms with Gasteiger partial charge in [-0.25, -0.2) is 0 Å². The van der Waals surface area contributed by atoms with Gasteiger partial charge < -0.3 is 5.11 Å². The molecule has 21 heavy (non-hydrogen) atoms. The Kier molecular flexibility index (Phi) is 4.80. The average Bonchev–Trinajstić information content (AvgIpc) is 2.55. The number of phenolic OH excluding ortho intramolecular Hbond substituents is 1. The van der Waals surface area contributed by atoms with Crippen LogP contribution in [0, 0.1) is 11.8 Å². The van der Waals surface area contributed by atoms with E-state index in [0.717, 1.165) is 22.6 Å². The van der Waals surface area contributed by atoms with Gasteiger partial charge in [0.25, 0.3) is 0 Å². The number of hydrogen-bond acceptors (Lipinski definition) is 1. The molecule has 2 saturated carbocycles. The zero-order chi connectivity index (χ0) is 14.5. The first-order valence-electron chi connectivity index (χ1n) is 8.51. The Bertz CT molecular complexity index is 549. The quantitative estimate of drug-likeness (QED) is 0.636. The van der Waals surface area contributed by atoms with Crippen LogP contribution in [0.15, 0.2) is 42.5 Å². The maximum atomic E-state index is 9.13. The highest BCUT2D eigenvalue weighted by Gasteiger charge is 2.26. The minimum Gasteiger partial charge on any atom is -0.508 e. The molecule has 1 heteroatoms. The monoisotopic (exact) mass is 282 g/mol. The summed E-state index contributed by atoms with van der Waals surface area (Å²) in [6.07, 6.45) is 12.4. The molecule has 4 rings (SSSR count). The van der Waals surface area contributed by atoms with E-state index in [-0.39, 0.29) is 0 Å². The van der Waals surface area contributed by atoms with E-state index in [2.05, 4.69) is 0 Å². The van der Waals surface area contributed by atoms with Gasteiger partial charge in [0.05, 0.1) is 0 Å². The maximum Gasteiger partial charge on any atom is 0.116 e. The van der Waals surface area contributed by atoms with Crippen LogP contribution in [0.5, 0.6) is 5.75 Å². The summed E-state index contributed by atoms with van der Waals surface area (Å²) >= 11 is 0. The van der Waals surface area contributed by atoms with E-state index >= 15 is 0 Å². The van der Waals surface area contributed by atoms with Crippen molar-refractivity contribution in [3.05, 3.63) is 42.5 Å². The number of benzene rings is 2. The highest BCUT2D eigenvalue weighted by Crippen LogP contribution is 2.39. The SMILES string of the molecule is C1CCC2CCCCC2C1.Oc1ccc2ccccc2c1. The van der Waals surface area contributed by atoms with E-state index < -0.39 is 0 Å². The van der Waals surface area contributed by atoms with Crippen LogP contribution in [-0.4, -0.2) is 5.11 Å². The molecular weight excluding hydrogens is 256 g/mol. The molecule has 0 unspecified atom stereocenters. The second kappa shape index (κ2) is 6.98. The van der Waals surface area contributed by atoms with Crippen molar-refractivity contribution in [2.45, 2.75) is 51.4 Å². The molecule has 2 aromatic carbocycles. The largest absolute Gasteiger partial charge is 0.508 e. The molecule has 2 aliphatic rings. The topological polar surface area (TPSA) is 20.2 Å². The third-order valence-corrected chi connectivity index (χ3v) is 5.20. The summed E-state index contributed by atoms with van der Waals surface area (Å²) in [5.41, 5.74) is 0. The lowest BCUT2D eigenvalue weighted by atomic mass is 9.71. The van der Waals surface area contributed by atoms with Crippen molar-refractivity contribution >= 4 is 10.8 Å². The summed E-state index contributed by atoms with van der Waals surface area (Å²) in [6, 6.07) is 13.3. The van der Waals surface area contributed by atoms with Crippen LogP contribution in [0.4, 0.5) is 0 Å². The molecule has 0 atom stereocenters. The summed E-state index contributed by atoms with van der Waals surface area (Å²) in [7, 11) is 0. The molecule has 0 heterocycles. The van der Waals surface area contributed by atoms with Gasteiger partial charge in [-0.3, -0.25) is 0 Å². The fourth-order valence-electron chi connectivity index (χ4n) is 4.03. The lowest BCUT2D eigenvalue weighted by molar-refractivity contribution is 0.171. The molecule has 0 aromatic heterocycles. The minimum atomic E-state index is 0.323. The van der Waals surface area contributed by atoms with Gasteiger partial charge in [0.2, 0.25) is 0 Å². The zero-order valence-corrected chi connectivity index (χ0v) is 12.8. The van der Waals surface area contributed by atoms with E-state index in [9.17, 15) is 0 Å². The summed E-state index contributed by atoms with van der Waals surface area (Å²) < 4.78 is 0. The summed E-state index contributed by atoms with van der Waals surface area (Å²) in [4.78, 5) is 0. The standard InChI is InChI=1S/C10H8O.C10H18/c11-10-6-5-8-3-1-2-4-9(8)7-10;1-2-6-10-8-4-3-7-9(10)5-1/h1-7,11H;9-10H,1-8H2. The molecule has 2 aliphatic carbocycles. The Hall–Kier alpha value is -1.50. The van der Waals surface area contributed by atoms with Gasteiger partial charge >= 0.3 is 0 Å². The van der Waals surface area contributed by atoms with Gasteiger partial charge in [-0.1, -0.05) is 81.7 Å². The fraction of sp³-hybridized carbons (Fsp3) is 0.500. The highest BCUT2D eigenvalue weighted by molar-refractivity contribution is 5.83. The van der Waals surface area contributed by atoms with Crippen LogP contribution in [0.3, 0.4) is 0 Å².